The van der Waals surface area contributed by atoms with E-state index in [1.165, 1.54) is 0 Å². The molecule has 0 unspecified atom stereocenters. The normalized spacial score (nSPS) is 11.9. The van der Waals surface area contributed by atoms with Gasteiger partial charge in [0.05, 0.1) is 22.0 Å². The summed E-state index contributed by atoms with van der Waals surface area (Å²) in [6, 6.07) is 11.0. The predicted molar refractivity (Wildman–Crippen MR) is 82.6 cm³/mol. The van der Waals surface area contributed by atoms with Crippen LogP contribution in [-0.4, -0.2) is 14.6 Å². The molecule has 0 radical (unpaired) electrons. The lowest BCUT2D eigenvalue weighted by atomic mass is 10.1. The number of phenolic OH excluding ortho intramolecular Hbond substituents is 1. The van der Waals surface area contributed by atoms with Crippen molar-refractivity contribution in [1.82, 2.24) is 4.40 Å². The highest BCUT2D eigenvalue weighted by Crippen LogP contribution is 2.40. The minimum absolute atomic E-state index is 0.0116. The largest absolute Gasteiger partial charge is 0.507 e. The van der Waals surface area contributed by atoms with Crippen molar-refractivity contribution in [2.75, 3.05) is 0 Å². The zero-order valence-electron chi connectivity index (χ0n) is 11.4. The minimum atomic E-state index is -0.223. The summed E-state index contributed by atoms with van der Waals surface area (Å²) in [4.78, 5) is 12.7. The number of fused-ring (bicyclic) bond motifs is 3. The molecule has 0 bridgehead atoms. The Bertz CT molecular complexity index is 1060. The monoisotopic (exact) mass is 279 g/mol. The van der Waals surface area contributed by atoms with Crippen molar-refractivity contribution in [3.05, 3.63) is 52.3 Å². The van der Waals surface area contributed by atoms with E-state index in [-0.39, 0.29) is 17.1 Å². The van der Waals surface area contributed by atoms with Gasteiger partial charge in [-0.1, -0.05) is 25.1 Å². The third kappa shape index (κ3) is 1.31. The lowest BCUT2D eigenvalue weighted by Crippen LogP contribution is -2.17. The molecule has 104 valence electrons. The van der Waals surface area contributed by atoms with E-state index >= 15 is 0 Å². The van der Waals surface area contributed by atoms with E-state index in [9.17, 15) is 15.0 Å². The van der Waals surface area contributed by atoms with E-state index in [0.29, 0.717) is 22.9 Å². The van der Waals surface area contributed by atoms with E-state index in [1.807, 2.05) is 31.2 Å². The number of aromatic hydroxyl groups is 2. The van der Waals surface area contributed by atoms with Gasteiger partial charge in [0.1, 0.15) is 11.5 Å². The van der Waals surface area contributed by atoms with Crippen LogP contribution in [0.2, 0.25) is 0 Å². The quantitative estimate of drug-likeness (QED) is 0.563. The first-order chi connectivity index (χ1) is 10.1. The Morgan fingerprint density at radius 2 is 1.81 bits per heavy atom. The van der Waals surface area contributed by atoms with E-state index in [0.717, 1.165) is 16.3 Å². The number of pyridine rings is 1. The molecule has 4 heteroatoms. The van der Waals surface area contributed by atoms with Crippen LogP contribution < -0.4 is 5.56 Å². The van der Waals surface area contributed by atoms with E-state index < -0.39 is 0 Å². The highest BCUT2D eigenvalue weighted by Gasteiger charge is 2.21. The predicted octanol–water partition coefficient (Wildman–Crippen LogP) is 3.02. The molecule has 2 heterocycles. The average Bonchev–Trinajstić information content (AvgIpc) is 2.81. The van der Waals surface area contributed by atoms with Crippen LogP contribution >= 0.6 is 0 Å². The molecule has 2 aromatic heterocycles. The summed E-state index contributed by atoms with van der Waals surface area (Å²) in [5.74, 6) is -0.122. The van der Waals surface area contributed by atoms with E-state index in [1.54, 1.807) is 16.5 Å². The number of phenols is 1. The molecule has 0 saturated heterocycles. The molecule has 0 saturated carbocycles. The molecule has 4 rings (SSSR count). The summed E-state index contributed by atoms with van der Waals surface area (Å²) >= 11 is 0. The Hall–Kier alpha value is -2.75. The summed E-state index contributed by atoms with van der Waals surface area (Å²) in [5.41, 5.74) is 1.48. The Morgan fingerprint density at radius 3 is 2.57 bits per heavy atom. The fraction of sp³-hybridized carbons (Fsp3) is 0.118. The summed E-state index contributed by atoms with van der Waals surface area (Å²) in [6.45, 7) is 1.82. The van der Waals surface area contributed by atoms with Crippen LogP contribution in [0.4, 0.5) is 0 Å². The summed E-state index contributed by atoms with van der Waals surface area (Å²) in [7, 11) is 0. The maximum absolute atomic E-state index is 12.7. The zero-order valence-corrected chi connectivity index (χ0v) is 11.4. The van der Waals surface area contributed by atoms with Crippen molar-refractivity contribution in [1.29, 1.82) is 0 Å². The van der Waals surface area contributed by atoms with Crippen molar-refractivity contribution in [3.63, 3.8) is 0 Å². The Kier molecular flexibility index (Phi) is 2.22. The summed E-state index contributed by atoms with van der Waals surface area (Å²) < 4.78 is 1.60. The number of benzene rings is 2. The lowest BCUT2D eigenvalue weighted by molar-refractivity contribution is 0.459. The molecule has 4 nitrogen and oxygen atoms in total. The van der Waals surface area contributed by atoms with Crippen LogP contribution in [0.25, 0.3) is 27.2 Å². The maximum Gasteiger partial charge on any atom is 0.262 e. The Labute approximate surface area is 119 Å². The summed E-state index contributed by atoms with van der Waals surface area (Å²) in [5, 5.41) is 22.7. The van der Waals surface area contributed by atoms with Gasteiger partial charge in [-0.3, -0.25) is 9.20 Å². The molecule has 21 heavy (non-hydrogen) atoms. The standard InChI is InChI=1S/C17H13NO3/c1-2-9-16(20)14-13(19)8-7-11-10-5-3-4-6-12(10)18(15(11)14)17(9)21/h3-8,19-20H,2H2,1H3. The third-order valence-electron chi connectivity index (χ3n) is 4.15. The fourth-order valence-electron chi connectivity index (χ4n) is 3.20. The van der Waals surface area contributed by atoms with Crippen LogP contribution in [0.1, 0.15) is 12.5 Å². The van der Waals surface area contributed by atoms with Crippen molar-refractivity contribution in [2.45, 2.75) is 13.3 Å². The zero-order chi connectivity index (χ0) is 14.7. The molecule has 0 aliphatic carbocycles. The SMILES string of the molecule is CCc1c(O)c2c(O)ccc3c4ccccc4n(c1=O)c23. The second-order valence-electron chi connectivity index (χ2n) is 5.19. The maximum atomic E-state index is 12.7. The van der Waals surface area contributed by atoms with Gasteiger partial charge in [0.15, 0.2) is 0 Å². The van der Waals surface area contributed by atoms with Gasteiger partial charge in [0, 0.05) is 10.8 Å². The number of nitrogens with zero attached hydrogens (tertiary/aromatic N) is 1. The second kappa shape index (κ2) is 3.88. The summed E-state index contributed by atoms with van der Waals surface area (Å²) in [6.07, 6.45) is 0.409. The lowest BCUT2D eigenvalue weighted by Gasteiger charge is -2.09. The van der Waals surface area contributed by atoms with Crippen molar-refractivity contribution < 1.29 is 10.2 Å². The number of hydrogen-bond acceptors (Lipinski definition) is 3. The van der Waals surface area contributed by atoms with Gasteiger partial charge in [-0.25, -0.2) is 0 Å². The molecule has 2 N–H and O–H groups in total. The van der Waals surface area contributed by atoms with Crippen LogP contribution in [-0.2, 0) is 6.42 Å². The van der Waals surface area contributed by atoms with E-state index in [2.05, 4.69) is 0 Å². The molecule has 2 aromatic carbocycles. The molecule has 0 atom stereocenters. The van der Waals surface area contributed by atoms with Crippen LogP contribution in [0, 0.1) is 0 Å². The first kappa shape index (κ1) is 12.0. The highest BCUT2D eigenvalue weighted by atomic mass is 16.3. The second-order valence-corrected chi connectivity index (χ2v) is 5.19. The van der Waals surface area contributed by atoms with Gasteiger partial charge in [-0.05, 0) is 24.6 Å². The molecular formula is C17H13NO3. The van der Waals surface area contributed by atoms with Gasteiger partial charge < -0.3 is 10.2 Å². The average molecular weight is 279 g/mol. The number of para-hydroxylation sites is 1. The minimum Gasteiger partial charge on any atom is -0.507 e. The molecule has 0 aliphatic heterocycles. The Morgan fingerprint density at radius 1 is 1.05 bits per heavy atom. The van der Waals surface area contributed by atoms with Crippen molar-refractivity contribution in [2.24, 2.45) is 0 Å². The van der Waals surface area contributed by atoms with Crippen molar-refractivity contribution in [3.8, 4) is 11.5 Å². The smallest absolute Gasteiger partial charge is 0.262 e. The van der Waals surface area contributed by atoms with Gasteiger partial charge in [0.25, 0.3) is 5.56 Å². The third-order valence-corrected chi connectivity index (χ3v) is 4.15. The van der Waals surface area contributed by atoms with E-state index in [4.69, 9.17) is 0 Å². The molecule has 0 aliphatic rings. The van der Waals surface area contributed by atoms with Gasteiger partial charge >= 0.3 is 0 Å². The number of hydrogen-bond donors (Lipinski definition) is 2. The number of aromatic nitrogens is 1. The first-order valence-corrected chi connectivity index (χ1v) is 6.87. The molecule has 0 amide bonds. The van der Waals surface area contributed by atoms with Crippen LogP contribution in [0.3, 0.4) is 0 Å². The fourth-order valence-corrected chi connectivity index (χ4v) is 3.20. The number of rotatable bonds is 1. The first-order valence-electron chi connectivity index (χ1n) is 6.87. The molecule has 0 fully saturated rings. The van der Waals surface area contributed by atoms with Crippen LogP contribution in [0.5, 0.6) is 11.5 Å². The topological polar surface area (TPSA) is 61.9 Å². The molecule has 4 aromatic rings. The molecule has 0 spiro atoms. The van der Waals surface area contributed by atoms with Gasteiger partial charge in [0.2, 0.25) is 0 Å². The Balaban J connectivity index is 2.51. The highest BCUT2D eigenvalue weighted by molar-refractivity contribution is 6.16. The molecular weight excluding hydrogens is 266 g/mol. The van der Waals surface area contributed by atoms with Gasteiger partial charge in [-0.15, -0.1) is 0 Å². The van der Waals surface area contributed by atoms with Crippen LogP contribution in [0.15, 0.2) is 41.2 Å². The van der Waals surface area contributed by atoms with Crippen molar-refractivity contribution >= 4 is 27.2 Å². The van der Waals surface area contributed by atoms with Gasteiger partial charge in [-0.2, -0.15) is 0 Å².